The van der Waals surface area contributed by atoms with E-state index in [0.717, 1.165) is 37.9 Å². The standard InChI is InChI=1S/C23H26ClNO4/c24-20-6-5-17(26)12-15(20)11-16(22(28)29)14-25-9-7-23(8-10-25)13-21(27)18-3-1-2-4-19(18)23/h1-6,12,16,21,26-27H,7-11,13-14H2,(H,28,29). The molecule has 2 aliphatic rings. The van der Waals surface area contributed by atoms with E-state index in [2.05, 4.69) is 11.0 Å². The minimum absolute atomic E-state index is 0.000240. The highest BCUT2D eigenvalue weighted by Gasteiger charge is 2.45. The maximum absolute atomic E-state index is 11.9. The van der Waals surface area contributed by atoms with E-state index in [1.807, 2.05) is 18.2 Å². The number of hydrogen-bond acceptors (Lipinski definition) is 4. The van der Waals surface area contributed by atoms with Crippen LogP contribution in [0.2, 0.25) is 5.02 Å². The van der Waals surface area contributed by atoms with Gasteiger partial charge in [-0.1, -0.05) is 35.9 Å². The number of rotatable bonds is 5. The van der Waals surface area contributed by atoms with Crippen molar-refractivity contribution < 1.29 is 20.1 Å². The average Bonchev–Trinajstić information content (AvgIpc) is 2.98. The van der Waals surface area contributed by atoms with Crippen LogP contribution in [-0.4, -0.2) is 45.8 Å². The lowest BCUT2D eigenvalue weighted by atomic mass is 9.73. The summed E-state index contributed by atoms with van der Waals surface area (Å²) in [4.78, 5) is 14.1. The number of aliphatic hydroxyl groups excluding tert-OH is 1. The van der Waals surface area contributed by atoms with Gasteiger partial charge in [0.05, 0.1) is 12.0 Å². The summed E-state index contributed by atoms with van der Waals surface area (Å²) in [6.07, 6.45) is 2.46. The highest BCUT2D eigenvalue weighted by atomic mass is 35.5. The summed E-state index contributed by atoms with van der Waals surface area (Å²) in [6, 6.07) is 12.8. The smallest absolute Gasteiger partial charge is 0.308 e. The molecule has 4 rings (SSSR count). The van der Waals surface area contributed by atoms with E-state index in [0.29, 0.717) is 17.1 Å². The van der Waals surface area contributed by atoms with E-state index in [1.165, 1.54) is 11.6 Å². The lowest BCUT2D eigenvalue weighted by molar-refractivity contribution is -0.142. The van der Waals surface area contributed by atoms with Crippen LogP contribution in [-0.2, 0) is 16.6 Å². The Kier molecular flexibility index (Phi) is 5.56. The Balaban J connectivity index is 1.43. The third kappa shape index (κ3) is 4.00. The van der Waals surface area contributed by atoms with Crippen LogP contribution >= 0.6 is 11.6 Å². The normalized spacial score (nSPS) is 21.8. The second-order valence-corrected chi connectivity index (χ2v) is 8.81. The van der Waals surface area contributed by atoms with Crippen LogP contribution in [0.5, 0.6) is 5.75 Å². The van der Waals surface area contributed by atoms with Crippen LogP contribution in [0.4, 0.5) is 0 Å². The van der Waals surface area contributed by atoms with Crippen LogP contribution in [0, 0.1) is 5.92 Å². The predicted octanol–water partition coefficient (Wildman–Crippen LogP) is 3.76. The molecule has 1 aliphatic heterocycles. The largest absolute Gasteiger partial charge is 0.508 e. The maximum atomic E-state index is 11.9. The summed E-state index contributed by atoms with van der Waals surface area (Å²) in [5.74, 6) is -1.36. The van der Waals surface area contributed by atoms with E-state index >= 15 is 0 Å². The Hall–Kier alpha value is -2.08. The zero-order chi connectivity index (χ0) is 20.6. The Bertz CT molecular complexity index is 908. The highest BCUT2D eigenvalue weighted by molar-refractivity contribution is 6.31. The Labute approximate surface area is 175 Å². The van der Waals surface area contributed by atoms with Gasteiger partial charge in [0, 0.05) is 17.0 Å². The second kappa shape index (κ2) is 7.98. The topological polar surface area (TPSA) is 81.0 Å². The SMILES string of the molecule is O=C(O)C(Cc1cc(O)ccc1Cl)CN1CCC2(CC1)CC(O)c1ccccc12. The van der Waals surface area contributed by atoms with Crippen LogP contribution in [0.25, 0.3) is 0 Å². The van der Waals surface area contributed by atoms with E-state index in [4.69, 9.17) is 11.6 Å². The van der Waals surface area contributed by atoms with Crippen LogP contribution in [0.15, 0.2) is 42.5 Å². The monoisotopic (exact) mass is 415 g/mol. The first-order valence-corrected chi connectivity index (χ1v) is 10.5. The van der Waals surface area contributed by atoms with Gasteiger partial charge in [0.1, 0.15) is 5.75 Å². The summed E-state index contributed by atoms with van der Waals surface area (Å²) in [5.41, 5.74) is 2.96. The fourth-order valence-corrected chi connectivity index (χ4v) is 5.22. The number of phenols is 1. The molecule has 1 fully saturated rings. The van der Waals surface area contributed by atoms with Crippen molar-refractivity contribution in [3.05, 3.63) is 64.2 Å². The van der Waals surface area contributed by atoms with Crippen molar-refractivity contribution in [2.75, 3.05) is 19.6 Å². The Morgan fingerprint density at radius 2 is 1.93 bits per heavy atom. The molecule has 2 aromatic carbocycles. The van der Waals surface area contributed by atoms with Gasteiger partial charge < -0.3 is 20.2 Å². The molecule has 1 spiro atoms. The number of nitrogens with zero attached hydrogens (tertiary/aromatic N) is 1. The maximum Gasteiger partial charge on any atom is 0.308 e. The van der Waals surface area contributed by atoms with Gasteiger partial charge in [-0.3, -0.25) is 4.79 Å². The molecule has 154 valence electrons. The average molecular weight is 416 g/mol. The molecule has 0 saturated carbocycles. The summed E-state index contributed by atoms with van der Waals surface area (Å²) in [6.45, 7) is 2.05. The number of fused-ring (bicyclic) bond motifs is 2. The predicted molar refractivity (Wildman–Crippen MR) is 111 cm³/mol. The molecule has 29 heavy (non-hydrogen) atoms. The first-order chi connectivity index (χ1) is 13.9. The molecule has 2 atom stereocenters. The number of aromatic hydroxyl groups is 1. The first kappa shape index (κ1) is 20.2. The highest BCUT2D eigenvalue weighted by Crippen LogP contribution is 2.50. The third-order valence-electron chi connectivity index (χ3n) is 6.61. The molecule has 0 radical (unpaired) electrons. The molecule has 0 amide bonds. The molecule has 0 bridgehead atoms. The number of phenolic OH excluding ortho intramolecular Hbond substituents is 1. The van der Waals surface area contributed by atoms with Crippen molar-refractivity contribution in [1.29, 1.82) is 0 Å². The number of aliphatic hydroxyl groups is 1. The van der Waals surface area contributed by atoms with E-state index in [-0.39, 0.29) is 17.6 Å². The van der Waals surface area contributed by atoms with Crippen LogP contribution in [0.3, 0.4) is 0 Å². The number of aliphatic carboxylic acids is 1. The Morgan fingerprint density at radius 3 is 2.66 bits per heavy atom. The number of likely N-dealkylation sites (tertiary alicyclic amines) is 1. The lowest BCUT2D eigenvalue weighted by Crippen LogP contribution is -2.44. The molecule has 6 heteroatoms. The first-order valence-electron chi connectivity index (χ1n) is 10.1. The van der Waals surface area contributed by atoms with Gasteiger partial charge in [0.25, 0.3) is 0 Å². The van der Waals surface area contributed by atoms with Gasteiger partial charge in [-0.05, 0) is 73.7 Å². The van der Waals surface area contributed by atoms with Gasteiger partial charge in [0.15, 0.2) is 0 Å². The molecular weight excluding hydrogens is 390 g/mol. The number of benzene rings is 2. The molecule has 1 aliphatic carbocycles. The third-order valence-corrected chi connectivity index (χ3v) is 6.98. The number of piperidine rings is 1. The fraction of sp³-hybridized carbons (Fsp3) is 0.435. The van der Waals surface area contributed by atoms with Crippen molar-refractivity contribution in [2.45, 2.75) is 37.2 Å². The van der Waals surface area contributed by atoms with Crippen molar-refractivity contribution in [3.63, 3.8) is 0 Å². The zero-order valence-corrected chi connectivity index (χ0v) is 17.0. The van der Waals surface area contributed by atoms with E-state index in [9.17, 15) is 20.1 Å². The van der Waals surface area contributed by atoms with E-state index in [1.54, 1.807) is 12.1 Å². The summed E-state index contributed by atoms with van der Waals surface area (Å²) in [7, 11) is 0. The van der Waals surface area contributed by atoms with Gasteiger partial charge in [-0.15, -0.1) is 0 Å². The van der Waals surface area contributed by atoms with Gasteiger partial charge >= 0.3 is 5.97 Å². The minimum atomic E-state index is -0.855. The number of halogens is 1. The molecule has 1 saturated heterocycles. The van der Waals surface area contributed by atoms with Gasteiger partial charge in [0.2, 0.25) is 0 Å². The van der Waals surface area contributed by atoms with Crippen molar-refractivity contribution in [2.24, 2.45) is 5.92 Å². The number of carbonyl (C=O) groups is 1. The molecular formula is C23H26ClNO4. The van der Waals surface area contributed by atoms with Gasteiger partial charge in [-0.25, -0.2) is 0 Å². The van der Waals surface area contributed by atoms with E-state index < -0.39 is 18.0 Å². The quantitative estimate of drug-likeness (QED) is 0.692. The number of carboxylic acid groups (broad SMARTS) is 1. The second-order valence-electron chi connectivity index (χ2n) is 8.40. The van der Waals surface area contributed by atoms with Gasteiger partial charge in [-0.2, -0.15) is 0 Å². The molecule has 2 unspecified atom stereocenters. The molecule has 5 nitrogen and oxygen atoms in total. The minimum Gasteiger partial charge on any atom is -0.508 e. The fourth-order valence-electron chi connectivity index (χ4n) is 5.02. The van der Waals surface area contributed by atoms with Crippen molar-refractivity contribution in [1.82, 2.24) is 4.90 Å². The van der Waals surface area contributed by atoms with Crippen molar-refractivity contribution in [3.8, 4) is 5.75 Å². The number of hydrogen-bond donors (Lipinski definition) is 3. The van der Waals surface area contributed by atoms with Crippen LogP contribution in [0.1, 0.15) is 42.1 Å². The zero-order valence-electron chi connectivity index (χ0n) is 16.2. The lowest BCUT2D eigenvalue weighted by Gasteiger charge is -2.41. The van der Waals surface area contributed by atoms with Crippen LogP contribution < -0.4 is 0 Å². The molecule has 2 aromatic rings. The van der Waals surface area contributed by atoms with Crippen molar-refractivity contribution >= 4 is 17.6 Å². The summed E-state index contributed by atoms with van der Waals surface area (Å²) in [5, 5.41) is 30.4. The Morgan fingerprint density at radius 1 is 1.21 bits per heavy atom. The summed E-state index contributed by atoms with van der Waals surface area (Å²) < 4.78 is 0. The molecule has 0 aromatic heterocycles. The molecule has 3 N–H and O–H groups in total. The number of carboxylic acids is 1. The molecule has 1 heterocycles. The summed E-state index contributed by atoms with van der Waals surface area (Å²) >= 11 is 6.19.